The van der Waals surface area contributed by atoms with Gasteiger partial charge in [-0.15, -0.1) is 0 Å². The van der Waals surface area contributed by atoms with Crippen molar-refractivity contribution >= 4 is 29.2 Å². The minimum absolute atomic E-state index is 0.0407. The van der Waals surface area contributed by atoms with E-state index in [-0.39, 0.29) is 17.4 Å². The van der Waals surface area contributed by atoms with E-state index in [0.29, 0.717) is 17.3 Å². The van der Waals surface area contributed by atoms with Crippen LogP contribution in [0.25, 0.3) is 0 Å². The Morgan fingerprint density at radius 3 is 2.90 bits per heavy atom. The van der Waals surface area contributed by atoms with Crippen molar-refractivity contribution in [2.45, 2.75) is 12.8 Å². The number of carbonyl (C=O) groups excluding carboxylic acids is 2. The molecule has 1 unspecified atom stereocenters. The van der Waals surface area contributed by atoms with Crippen LogP contribution in [0, 0.1) is 5.92 Å². The summed E-state index contributed by atoms with van der Waals surface area (Å²) < 4.78 is 4.65. The Hall–Kier alpha value is -1.59. The Morgan fingerprint density at radius 2 is 2.25 bits per heavy atom. The number of benzene rings is 1. The van der Waals surface area contributed by atoms with Crippen LogP contribution in [0.5, 0.6) is 0 Å². The molecule has 1 aliphatic heterocycles. The zero-order valence-electron chi connectivity index (χ0n) is 11.2. The van der Waals surface area contributed by atoms with E-state index < -0.39 is 5.97 Å². The molecule has 6 heteroatoms. The van der Waals surface area contributed by atoms with Gasteiger partial charge in [0, 0.05) is 12.2 Å². The van der Waals surface area contributed by atoms with E-state index in [1.54, 1.807) is 12.1 Å². The molecular weight excluding hydrogens is 280 g/mol. The van der Waals surface area contributed by atoms with Gasteiger partial charge in [-0.3, -0.25) is 4.79 Å². The minimum atomic E-state index is -0.523. The van der Waals surface area contributed by atoms with Crippen LogP contribution in [-0.2, 0) is 9.53 Å². The summed E-state index contributed by atoms with van der Waals surface area (Å²) in [6.07, 6.45) is 1.86. The van der Waals surface area contributed by atoms with E-state index in [1.165, 1.54) is 13.2 Å². The van der Waals surface area contributed by atoms with E-state index in [9.17, 15) is 9.59 Å². The summed E-state index contributed by atoms with van der Waals surface area (Å²) in [6, 6.07) is 4.77. The molecule has 0 bridgehead atoms. The molecule has 5 nitrogen and oxygen atoms in total. The van der Waals surface area contributed by atoms with Crippen LogP contribution in [0.1, 0.15) is 23.2 Å². The Bertz CT molecular complexity index is 513. The average molecular weight is 297 g/mol. The molecule has 2 N–H and O–H groups in total. The van der Waals surface area contributed by atoms with Gasteiger partial charge in [0.05, 0.1) is 23.6 Å². The SMILES string of the molecule is COC(=O)c1cc(NC(=O)C2CCCNC2)ccc1Cl. The number of piperidine rings is 1. The topological polar surface area (TPSA) is 67.4 Å². The number of hydrogen-bond donors (Lipinski definition) is 2. The van der Waals surface area contributed by atoms with Crippen molar-refractivity contribution in [3.05, 3.63) is 28.8 Å². The third-order valence-electron chi connectivity index (χ3n) is 3.31. The zero-order valence-corrected chi connectivity index (χ0v) is 12.0. The lowest BCUT2D eigenvalue weighted by Gasteiger charge is -2.22. The van der Waals surface area contributed by atoms with Crippen LogP contribution in [0.3, 0.4) is 0 Å². The largest absolute Gasteiger partial charge is 0.465 e. The van der Waals surface area contributed by atoms with Crippen molar-refractivity contribution in [2.24, 2.45) is 5.92 Å². The first kappa shape index (κ1) is 14.8. The average Bonchev–Trinajstić information content (AvgIpc) is 2.49. The highest BCUT2D eigenvalue weighted by atomic mass is 35.5. The van der Waals surface area contributed by atoms with Gasteiger partial charge in [0.15, 0.2) is 0 Å². The normalized spacial score (nSPS) is 18.4. The predicted molar refractivity (Wildman–Crippen MR) is 77.0 cm³/mol. The molecule has 1 aliphatic rings. The fraction of sp³-hybridized carbons (Fsp3) is 0.429. The smallest absolute Gasteiger partial charge is 0.339 e. The van der Waals surface area contributed by atoms with Gasteiger partial charge in [0.25, 0.3) is 0 Å². The van der Waals surface area contributed by atoms with Crippen molar-refractivity contribution in [3.8, 4) is 0 Å². The number of nitrogens with one attached hydrogen (secondary N) is 2. The molecule has 0 spiro atoms. The lowest BCUT2D eigenvalue weighted by atomic mass is 9.99. The molecule has 1 aromatic carbocycles. The molecule has 0 saturated carbocycles. The quantitative estimate of drug-likeness (QED) is 0.838. The highest BCUT2D eigenvalue weighted by molar-refractivity contribution is 6.33. The number of anilines is 1. The summed E-state index contributed by atoms with van der Waals surface area (Å²) in [7, 11) is 1.29. The molecule has 1 atom stereocenters. The second-order valence-corrected chi connectivity index (χ2v) is 5.13. The number of methoxy groups -OCH3 is 1. The number of carbonyl (C=O) groups is 2. The van der Waals surface area contributed by atoms with Gasteiger partial charge in [-0.2, -0.15) is 0 Å². The zero-order chi connectivity index (χ0) is 14.5. The Morgan fingerprint density at radius 1 is 1.45 bits per heavy atom. The molecule has 1 fully saturated rings. The Balaban J connectivity index is 2.09. The molecule has 1 saturated heterocycles. The van der Waals surface area contributed by atoms with Crippen LogP contribution in [0.2, 0.25) is 5.02 Å². The standard InChI is InChI=1S/C14H17ClN2O3/c1-20-14(19)11-7-10(4-5-12(11)15)17-13(18)9-3-2-6-16-8-9/h4-5,7,9,16H,2-3,6,8H2,1H3,(H,17,18). The fourth-order valence-corrected chi connectivity index (χ4v) is 2.38. The summed E-state index contributed by atoms with van der Waals surface area (Å²) in [5.74, 6) is -0.609. The molecule has 2 rings (SSSR count). The van der Waals surface area contributed by atoms with Gasteiger partial charge < -0.3 is 15.4 Å². The fourth-order valence-electron chi connectivity index (χ4n) is 2.19. The van der Waals surface area contributed by atoms with Crippen molar-refractivity contribution < 1.29 is 14.3 Å². The second kappa shape index (κ2) is 6.72. The summed E-state index contributed by atoms with van der Waals surface area (Å²) in [5.41, 5.74) is 0.791. The van der Waals surface area contributed by atoms with Crippen LogP contribution >= 0.6 is 11.6 Å². The molecule has 1 aromatic rings. The third kappa shape index (κ3) is 3.49. The van der Waals surface area contributed by atoms with Gasteiger partial charge >= 0.3 is 5.97 Å². The van der Waals surface area contributed by atoms with E-state index in [0.717, 1.165) is 19.4 Å². The van der Waals surface area contributed by atoms with E-state index in [4.69, 9.17) is 11.6 Å². The highest BCUT2D eigenvalue weighted by Gasteiger charge is 2.21. The van der Waals surface area contributed by atoms with Crippen molar-refractivity contribution in [1.82, 2.24) is 5.32 Å². The van der Waals surface area contributed by atoms with Gasteiger partial charge in [0.2, 0.25) is 5.91 Å². The first-order chi connectivity index (χ1) is 9.61. The molecule has 0 aliphatic carbocycles. The lowest BCUT2D eigenvalue weighted by Crippen LogP contribution is -2.37. The van der Waals surface area contributed by atoms with Crippen LogP contribution in [0.15, 0.2) is 18.2 Å². The maximum absolute atomic E-state index is 12.1. The molecule has 1 amide bonds. The molecule has 0 aromatic heterocycles. The number of rotatable bonds is 3. The molecule has 1 heterocycles. The Labute approximate surface area is 122 Å². The minimum Gasteiger partial charge on any atom is -0.465 e. The number of hydrogen-bond acceptors (Lipinski definition) is 4. The van der Waals surface area contributed by atoms with Gasteiger partial charge in [-0.05, 0) is 37.6 Å². The van der Waals surface area contributed by atoms with Crippen molar-refractivity contribution in [3.63, 3.8) is 0 Å². The number of amides is 1. The maximum Gasteiger partial charge on any atom is 0.339 e. The van der Waals surface area contributed by atoms with E-state index in [1.807, 2.05) is 0 Å². The monoisotopic (exact) mass is 296 g/mol. The maximum atomic E-state index is 12.1. The van der Waals surface area contributed by atoms with Gasteiger partial charge in [-0.1, -0.05) is 11.6 Å². The first-order valence-corrected chi connectivity index (χ1v) is 6.89. The summed E-state index contributed by atoms with van der Waals surface area (Å²) >= 11 is 5.93. The summed E-state index contributed by atoms with van der Waals surface area (Å²) in [5, 5.41) is 6.31. The van der Waals surface area contributed by atoms with Crippen molar-refractivity contribution in [2.75, 3.05) is 25.5 Å². The summed E-state index contributed by atoms with van der Waals surface area (Å²) in [4.78, 5) is 23.6. The first-order valence-electron chi connectivity index (χ1n) is 6.51. The number of esters is 1. The summed E-state index contributed by atoms with van der Waals surface area (Å²) in [6.45, 7) is 1.64. The van der Waals surface area contributed by atoms with Crippen LogP contribution in [-0.4, -0.2) is 32.1 Å². The number of ether oxygens (including phenoxy) is 1. The molecule has 20 heavy (non-hydrogen) atoms. The van der Waals surface area contributed by atoms with Gasteiger partial charge in [0.1, 0.15) is 0 Å². The Kier molecular flexibility index (Phi) is 4.98. The highest BCUT2D eigenvalue weighted by Crippen LogP contribution is 2.22. The van der Waals surface area contributed by atoms with Crippen molar-refractivity contribution in [1.29, 1.82) is 0 Å². The number of halogens is 1. The predicted octanol–water partition coefficient (Wildman–Crippen LogP) is 2.06. The van der Waals surface area contributed by atoms with E-state index in [2.05, 4.69) is 15.4 Å². The van der Waals surface area contributed by atoms with E-state index >= 15 is 0 Å². The third-order valence-corrected chi connectivity index (χ3v) is 3.64. The molecular formula is C14H17ClN2O3. The molecule has 0 radical (unpaired) electrons. The molecule has 108 valence electrons. The second-order valence-electron chi connectivity index (χ2n) is 4.72. The van der Waals surface area contributed by atoms with Gasteiger partial charge in [-0.25, -0.2) is 4.79 Å². The van der Waals surface area contributed by atoms with Crippen LogP contribution < -0.4 is 10.6 Å². The van der Waals surface area contributed by atoms with Crippen LogP contribution in [0.4, 0.5) is 5.69 Å². The lowest BCUT2D eigenvalue weighted by molar-refractivity contribution is -0.120.